The number of piperazine rings is 1. The molecule has 0 aliphatic carbocycles. The van der Waals surface area contributed by atoms with Gasteiger partial charge in [0.05, 0.1) is 11.1 Å². The zero-order valence-electron chi connectivity index (χ0n) is 37.9. The number of carbonyl (C=O) groups excluding carboxylic acids is 5. The summed E-state index contributed by atoms with van der Waals surface area (Å²) in [6.45, 7) is 11.2. The van der Waals surface area contributed by atoms with Crippen molar-refractivity contribution >= 4 is 63.3 Å². The van der Waals surface area contributed by atoms with Crippen LogP contribution in [0.1, 0.15) is 64.1 Å². The SMILES string of the molecule is Cc1c(-c2cc3cc(Nc4cc5n(n4)CC(=O)N(C4CCN(CCCN6CCN(c7ccc8c(c7)C(=O)N(C7CCC(=O)NC7=O)C8=O)CC6)CC4)CC5)ncc3cc2F)cnc2c1NCCO2. The molecule has 0 bridgehead atoms. The molecule has 11 rings (SSSR count). The number of likely N-dealkylation sites (tertiary alicyclic amines) is 1. The van der Waals surface area contributed by atoms with Gasteiger partial charge in [0.25, 0.3) is 11.8 Å². The molecule has 1 unspecified atom stereocenters. The standard InChI is InChI=1S/C49H53FN12O6/c1-29-38(27-53-47-45(29)51-10-20-68-47)36-21-30-23-41(52-26-31(30)22-39(36)50)54-42-25-34-9-15-60(44(64)28-61(34)56-42)32-7-13-57(14-8-32)11-2-12-58-16-18-59(19-17-58)33-3-4-35-37(24-33)49(67)62(48(35)66)40-5-6-43(63)55-46(40)65/h3-4,21-27,32,40,51H,2,5-20,28H2,1H3,(H,52,54,56)(H,55,63,65). The van der Waals surface area contributed by atoms with Crippen molar-refractivity contribution in [3.8, 4) is 17.0 Å². The van der Waals surface area contributed by atoms with Gasteiger partial charge in [-0.2, -0.15) is 5.10 Å². The van der Waals surface area contributed by atoms with Gasteiger partial charge < -0.3 is 30.1 Å². The number of pyridine rings is 2. The number of benzene rings is 2. The van der Waals surface area contributed by atoms with E-state index >= 15 is 4.39 Å². The van der Waals surface area contributed by atoms with E-state index in [0.717, 1.165) is 105 Å². The number of nitrogens with one attached hydrogen (secondary N) is 3. The Kier molecular flexibility index (Phi) is 11.5. The zero-order valence-corrected chi connectivity index (χ0v) is 37.9. The van der Waals surface area contributed by atoms with Gasteiger partial charge in [-0.15, -0.1) is 0 Å². The molecular formula is C49H53FN12O6. The van der Waals surface area contributed by atoms with E-state index in [0.29, 0.717) is 65.7 Å². The summed E-state index contributed by atoms with van der Waals surface area (Å²) in [6.07, 6.45) is 7.14. The molecule has 5 aromatic rings. The number of hydrogen-bond acceptors (Lipinski definition) is 14. The molecule has 0 saturated carbocycles. The molecular weight excluding hydrogens is 872 g/mol. The largest absolute Gasteiger partial charge is 0.474 e. The number of carbonyl (C=O) groups is 5. The number of aromatic nitrogens is 4. The average molecular weight is 925 g/mol. The van der Waals surface area contributed by atoms with Crippen LogP contribution in [0.15, 0.2) is 54.9 Å². The molecule has 0 spiro atoms. The molecule has 3 fully saturated rings. The van der Waals surface area contributed by atoms with Gasteiger partial charge in [0.1, 0.15) is 36.5 Å². The van der Waals surface area contributed by atoms with Crippen molar-refractivity contribution in [3.05, 3.63) is 83.1 Å². The third-order valence-corrected chi connectivity index (χ3v) is 14.5. The fourth-order valence-corrected chi connectivity index (χ4v) is 10.7. The molecule has 68 heavy (non-hydrogen) atoms. The lowest BCUT2D eigenvalue weighted by atomic mass is 9.98. The topological polar surface area (TPSA) is 190 Å². The third-order valence-electron chi connectivity index (χ3n) is 14.5. The minimum atomic E-state index is -0.979. The van der Waals surface area contributed by atoms with Crippen LogP contribution in [0.3, 0.4) is 0 Å². The van der Waals surface area contributed by atoms with Crippen LogP contribution in [-0.2, 0) is 27.3 Å². The van der Waals surface area contributed by atoms with E-state index < -0.39 is 29.7 Å². The lowest BCUT2D eigenvalue weighted by Gasteiger charge is -2.39. The van der Waals surface area contributed by atoms with E-state index in [-0.39, 0.29) is 42.7 Å². The number of nitrogens with zero attached hydrogens (tertiary/aromatic N) is 9. The zero-order chi connectivity index (χ0) is 46.6. The molecule has 352 valence electrons. The van der Waals surface area contributed by atoms with Gasteiger partial charge in [-0.25, -0.2) is 14.4 Å². The molecule has 6 aliphatic heterocycles. The number of fused-ring (bicyclic) bond motifs is 4. The maximum absolute atomic E-state index is 15.5. The summed E-state index contributed by atoms with van der Waals surface area (Å²) in [5, 5.41) is 15.1. The minimum Gasteiger partial charge on any atom is -0.474 e. The maximum Gasteiger partial charge on any atom is 0.262 e. The first-order valence-electron chi connectivity index (χ1n) is 23.7. The molecule has 3 aromatic heterocycles. The van der Waals surface area contributed by atoms with Gasteiger partial charge in [-0.05, 0) is 93.0 Å². The van der Waals surface area contributed by atoms with Gasteiger partial charge in [0.2, 0.25) is 23.6 Å². The van der Waals surface area contributed by atoms with Crippen LogP contribution >= 0.6 is 0 Å². The summed E-state index contributed by atoms with van der Waals surface area (Å²) in [6, 6.07) is 11.7. The Morgan fingerprint density at radius 2 is 1.57 bits per heavy atom. The summed E-state index contributed by atoms with van der Waals surface area (Å²) in [5.74, 6) is -0.573. The van der Waals surface area contributed by atoms with Crippen LogP contribution < -0.4 is 25.6 Å². The first-order valence-corrected chi connectivity index (χ1v) is 23.7. The smallest absolute Gasteiger partial charge is 0.262 e. The number of halogens is 1. The highest BCUT2D eigenvalue weighted by Gasteiger charge is 2.45. The van der Waals surface area contributed by atoms with Crippen molar-refractivity contribution in [1.29, 1.82) is 0 Å². The Bertz CT molecular complexity index is 2870. The number of rotatable bonds is 10. The molecule has 0 radical (unpaired) electrons. The number of amides is 5. The van der Waals surface area contributed by atoms with E-state index in [9.17, 15) is 24.0 Å². The van der Waals surface area contributed by atoms with Gasteiger partial charge in [0.15, 0.2) is 5.82 Å². The Labute approximate surface area is 391 Å². The van der Waals surface area contributed by atoms with Crippen LogP contribution in [0.5, 0.6) is 5.88 Å². The molecule has 9 heterocycles. The number of piperidine rings is 2. The summed E-state index contributed by atoms with van der Waals surface area (Å²) in [5.41, 5.74) is 5.24. The molecule has 2 aromatic carbocycles. The van der Waals surface area contributed by atoms with Crippen LogP contribution in [-0.4, -0.2) is 153 Å². The second kappa shape index (κ2) is 17.9. The van der Waals surface area contributed by atoms with Crippen LogP contribution in [0.25, 0.3) is 21.9 Å². The molecule has 1 atom stereocenters. The number of imide groups is 2. The van der Waals surface area contributed by atoms with Crippen molar-refractivity contribution in [3.63, 3.8) is 0 Å². The first kappa shape index (κ1) is 43.6. The van der Waals surface area contributed by atoms with E-state index in [1.807, 2.05) is 31.2 Å². The van der Waals surface area contributed by atoms with Crippen molar-refractivity contribution in [2.75, 3.05) is 87.6 Å². The maximum atomic E-state index is 15.5. The predicted octanol–water partition coefficient (Wildman–Crippen LogP) is 3.95. The third kappa shape index (κ3) is 8.26. The highest BCUT2D eigenvalue weighted by molar-refractivity contribution is 6.23. The first-order chi connectivity index (χ1) is 33.0. The fraction of sp³-hybridized carbons (Fsp3) is 0.429. The summed E-state index contributed by atoms with van der Waals surface area (Å²) >= 11 is 0. The normalized spacial score (nSPS) is 20.5. The van der Waals surface area contributed by atoms with E-state index in [2.05, 4.69) is 45.5 Å². The minimum absolute atomic E-state index is 0.0808. The van der Waals surface area contributed by atoms with Gasteiger partial charge in [-0.3, -0.25) is 43.8 Å². The highest BCUT2D eigenvalue weighted by atomic mass is 19.1. The van der Waals surface area contributed by atoms with E-state index in [1.54, 1.807) is 29.2 Å². The molecule has 3 N–H and O–H groups in total. The molecule has 19 heteroatoms. The van der Waals surface area contributed by atoms with Gasteiger partial charge in [-0.1, -0.05) is 0 Å². The summed E-state index contributed by atoms with van der Waals surface area (Å²) in [4.78, 5) is 83.6. The lowest BCUT2D eigenvalue weighted by Crippen LogP contribution is -2.54. The Morgan fingerprint density at radius 3 is 2.38 bits per heavy atom. The van der Waals surface area contributed by atoms with Gasteiger partial charge in [0, 0.05) is 118 Å². The number of ether oxygens (including phenoxy) is 1. The Morgan fingerprint density at radius 1 is 0.779 bits per heavy atom. The van der Waals surface area contributed by atoms with Crippen molar-refractivity contribution in [1.82, 2.24) is 44.7 Å². The van der Waals surface area contributed by atoms with E-state index in [1.165, 1.54) is 6.07 Å². The Hall–Kier alpha value is -6.99. The highest BCUT2D eigenvalue weighted by Crippen LogP contribution is 2.38. The van der Waals surface area contributed by atoms with Crippen LogP contribution in [0, 0.1) is 12.7 Å². The second-order valence-electron chi connectivity index (χ2n) is 18.6. The molecule has 6 aliphatic rings. The molecule has 5 amide bonds. The molecule has 3 saturated heterocycles. The molecule has 18 nitrogen and oxygen atoms in total. The lowest BCUT2D eigenvalue weighted by molar-refractivity contribution is -0.136. The van der Waals surface area contributed by atoms with Crippen molar-refractivity contribution < 1.29 is 33.1 Å². The Balaban J connectivity index is 0.632. The van der Waals surface area contributed by atoms with Crippen LogP contribution in [0.2, 0.25) is 0 Å². The summed E-state index contributed by atoms with van der Waals surface area (Å²) < 4.78 is 22.9. The van der Waals surface area contributed by atoms with E-state index in [4.69, 9.17) is 9.84 Å². The second-order valence-corrected chi connectivity index (χ2v) is 18.6. The summed E-state index contributed by atoms with van der Waals surface area (Å²) in [7, 11) is 0. The average Bonchev–Trinajstić information content (AvgIpc) is 3.78. The predicted molar refractivity (Wildman–Crippen MR) is 250 cm³/mol. The number of anilines is 4. The quantitative estimate of drug-likeness (QED) is 0.171. The fourth-order valence-electron chi connectivity index (χ4n) is 10.7. The van der Waals surface area contributed by atoms with Gasteiger partial charge >= 0.3 is 0 Å². The van der Waals surface area contributed by atoms with Crippen molar-refractivity contribution in [2.45, 2.75) is 64.1 Å². The van der Waals surface area contributed by atoms with Crippen LogP contribution in [0.4, 0.5) is 27.4 Å². The van der Waals surface area contributed by atoms with Crippen molar-refractivity contribution in [2.24, 2.45) is 0 Å². The number of hydrogen-bond donors (Lipinski definition) is 3. The monoisotopic (exact) mass is 924 g/mol.